The van der Waals surface area contributed by atoms with E-state index in [0.717, 1.165) is 0 Å². The highest BCUT2D eigenvalue weighted by atomic mass is 14.7. The van der Waals surface area contributed by atoms with Crippen LogP contribution in [-0.4, -0.2) is 0 Å². The lowest BCUT2D eigenvalue weighted by atomic mass is 10.3. The van der Waals surface area contributed by atoms with Crippen molar-refractivity contribution < 1.29 is 0 Å². The lowest BCUT2D eigenvalue weighted by Crippen LogP contribution is -1.91. The third-order valence-corrected chi connectivity index (χ3v) is 0.996. The second-order valence-corrected chi connectivity index (χ2v) is 1.63. The van der Waals surface area contributed by atoms with Gasteiger partial charge in [-0.2, -0.15) is 0 Å². The summed E-state index contributed by atoms with van der Waals surface area (Å²) in [5.41, 5.74) is 12.1. The van der Waals surface area contributed by atoms with Crippen molar-refractivity contribution in [2.24, 2.45) is 0 Å². The van der Waals surface area contributed by atoms with Crippen molar-refractivity contribution in [2.75, 3.05) is 11.5 Å². The van der Waals surface area contributed by atoms with Gasteiger partial charge in [0.25, 0.3) is 0 Å². The van der Waals surface area contributed by atoms with Crippen LogP contribution in [0.4, 0.5) is 11.4 Å². The van der Waals surface area contributed by atoms with E-state index in [4.69, 9.17) is 11.5 Å². The molecule has 1 aromatic carbocycles. The number of rotatable bonds is 0. The first kappa shape index (κ1) is 11.5. The molecule has 1 aromatic rings. The Hall–Kier alpha value is -1.26. The predicted octanol–water partition coefficient (Wildman–Crippen LogP) is 1.17. The van der Waals surface area contributed by atoms with E-state index in [9.17, 15) is 0 Å². The molecule has 4 heteroatoms. The van der Waals surface area contributed by atoms with E-state index in [1.165, 1.54) is 0 Å². The van der Waals surface area contributed by atoms with Crippen LogP contribution in [0.5, 0.6) is 0 Å². The van der Waals surface area contributed by atoms with Gasteiger partial charge >= 0.3 is 0 Å². The SMILES string of the molecule is N.N.Nc1ccccc1N. The van der Waals surface area contributed by atoms with E-state index in [1.807, 2.05) is 12.1 Å². The largest absolute Gasteiger partial charge is 0.397 e. The van der Waals surface area contributed by atoms with Crippen LogP contribution in [0.15, 0.2) is 24.3 Å². The molecular weight excluding hydrogens is 128 g/mol. The Kier molecular flexibility index (Phi) is 5.31. The van der Waals surface area contributed by atoms with Crippen LogP contribution >= 0.6 is 0 Å². The average Bonchev–Trinajstić information content (AvgIpc) is 1.77. The first-order valence-corrected chi connectivity index (χ1v) is 2.40. The number of nitrogen functional groups attached to an aromatic ring is 2. The van der Waals surface area contributed by atoms with Crippen molar-refractivity contribution in [2.45, 2.75) is 0 Å². The van der Waals surface area contributed by atoms with Gasteiger partial charge in [0.05, 0.1) is 11.4 Å². The number of hydrogen-bond acceptors (Lipinski definition) is 4. The van der Waals surface area contributed by atoms with E-state index in [0.29, 0.717) is 11.4 Å². The lowest BCUT2D eigenvalue weighted by molar-refractivity contribution is 1.67. The van der Waals surface area contributed by atoms with E-state index >= 15 is 0 Å². The lowest BCUT2D eigenvalue weighted by Gasteiger charge is -1.94. The minimum Gasteiger partial charge on any atom is -0.397 e. The van der Waals surface area contributed by atoms with E-state index in [2.05, 4.69) is 0 Å². The highest BCUT2D eigenvalue weighted by molar-refractivity contribution is 5.62. The molecule has 0 spiro atoms. The van der Waals surface area contributed by atoms with Crippen LogP contribution in [0, 0.1) is 0 Å². The van der Waals surface area contributed by atoms with Crippen molar-refractivity contribution in [3.8, 4) is 0 Å². The summed E-state index contributed by atoms with van der Waals surface area (Å²) in [4.78, 5) is 0. The zero-order valence-corrected chi connectivity index (χ0v) is 5.88. The maximum atomic E-state index is 5.39. The van der Waals surface area contributed by atoms with Crippen LogP contribution in [0.3, 0.4) is 0 Å². The molecule has 0 saturated heterocycles. The highest BCUT2D eigenvalue weighted by Gasteiger charge is 1.85. The van der Waals surface area contributed by atoms with Crippen molar-refractivity contribution in [3.05, 3.63) is 24.3 Å². The molecule has 0 saturated carbocycles. The van der Waals surface area contributed by atoms with Gasteiger partial charge in [0, 0.05) is 0 Å². The van der Waals surface area contributed by atoms with E-state index in [1.54, 1.807) is 12.1 Å². The number of para-hydroxylation sites is 2. The van der Waals surface area contributed by atoms with E-state index < -0.39 is 0 Å². The Labute approximate surface area is 60.4 Å². The van der Waals surface area contributed by atoms with Gasteiger partial charge in [0.2, 0.25) is 0 Å². The van der Waals surface area contributed by atoms with Crippen LogP contribution in [-0.2, 0) is 0 Å². The fraction of sp³-hybridized carbons (Fsp3) is 0. The van der Waals surface area contributed by atoms with E-state index in [-0.39, 0.29) is 12.3 Å². The van der Waals surface area contributed by atoms with Gasteiger partial charge in [0.1, 0.15) is 0 Å². The van der Waals surface area contributed by atoms with Gasteiger partial charge in [-0.15, -0.1) is 0 Å². The Balaban J connectivity index is 0. The molecule has 0 aromatic heterocycles. The summed E-state index contributed by atoms with van der Waals surface area (Å²) >= 11 is 0. The molecule has 0 heterocycles. The first-order valence-electron chi connectivity index (χ1n) is 2.40. The van der Waals surface area contributed by atoms with Crippen molar-refractivity contribution >= 4 is 11.4 Å². The molecule has 0 bridgehead atoms. The number of anilines is 2. The predicted molar refractivity (Wildman–Crippen MR) is 45.3 cm³/mol. The molecule has 10 heavy (non-hydrogen) atoms. The molecule has 10 N–H and O–H groups in total. The van der Waals surface area contributed by atoms with Gasteiger partial charge < -0.3 is 23.8 Å². The summed E-state index contributed by atoms with van der Waals surface area (Å²) in [5, 5.41) is 0. The third-order valence-electron chi connectivity index (χ3n) is 0.996. The quantitative estimate of drug-likeness (QED) is 0.406. The smallest absolute Gasteiger partial charge is 0.0547 e. The summed E-state index contributed by atoms with van der Waals surface area (Å²) in [7, 11) is 0. The number of benzene rings is 1. The average molecular weight is 142 g/mol. The summed E-state index contributed by atoms with van der Waals surface area (Å²) in [5.74, 6) is 0. The molecule has 58 valence electrons. The van der Waals surface area contributed by atoms with Gasteiger partial charge in [-0.1, -0.05) is 12.1 Å². The van der Waals surface area contributed by atoms with Crippen molar-refractivity contribution in [1.82, 2.24) is 12.3 Å². The molecule has 0 unspecified atom stereocenters. The molecule has 0 aliphatic heterocycles. The molecule has 0 atom stereocenters. The third kappa shape index (κ3) is 2.34. The Bertz CT molecular complexity index is 166. The summed E-state index contributed by atoms with van der Waals surface area (Å²) in [6, 6.07) is 7.25. The number of nitrogens with two attached hydrogens (primary N) is 2. The number of hydrogen-bond donors (Lipinski definition) is 4. The molecule has 0 aliphatic rings. The van der Waals surface area contributed by atoms with Crippen LogP contribution in [0.25, 0.3) is 0 Å². The molecular formula is C6H14N4. The molecule has 4 nitrogen and oxygen atoms in total. The van der Waals surface area contributed by atoms with Crippen molar-refractivity contribution in [1.29, 1.82) is 0 Å². The molecule has 1 rings (SSSR count). The highest BCUT2D eigenvalue weighted by Crippen LogP contribution is 2.10. The minimum absolute atomic E-state index is 0. The van der Waals surface area contributed by atoms with Gasteiger partial charge in [0.15, 0.2) is 0 Å². The topological polar surface area (TPSA) is 122 Å². The monoisotopic (exact) mass is 142 g/mol. The zero-order chi connectivity index (χ0) is 5.98. The van der Waals surface area contributed by atoms with Crippen LogP contribution < -0.4 is 23.8 Å². The summed E-state index contributed by atoms with van der Waals surface area (Å²) in [6.07, 6.45) is 0. The van der Waals surface area contributed by atoms with Crippen LogP contribution in [0.1, 0.15) is 0 Å². The fourth-order valence-corrected chi connectivity index (χ4v) is 0.511. The van der Waals surface area contributed by atoms with Gasteiger partial charge in [-0.05, 0) is 12.1 Å². The molecule has 0 amide bonds. The Morgan fingerprint density at radius 2 is 1.10 bits per heavy atom. The zero-order valence-electron chi connectivity index (χ0n) is 5.88. The molecule has 0 fully saturated rings. The summed E-state index contributed by atoms with van der Waals surface area (Å²) < 4.78 is 0. The van der Waals surface area contributed by atoms with Crippen LogP contribution in [0.2, 0.25) is 0 Å². The maximum absolute atomic E-state index is 5.39. The Morgan fingerprint density at radius 3 is 1.30 bits per heavy atom. The Morgan fingerprint density at radius 1 is 0.800 bits per heavy atom. The molecule has 0 aliphatic carbocycles. The van der Waals surface area contributed by atoms with Gasteiger partial charge in [-0.25, -0.2) is 0 Å². The summed E-state index contributed by atoms with van der Waals surface area (Å²) in [6.45, 7) is 0. The maximum Gasteiger partial charge on any atom is 0.0547 e. The first-order chi connectivity index (χ1) is 3.80. The molecule has 0 radical (unpaired) electrons. The minimum atomic E-state index is 0. The second kappa shape index (κ2) is 4.60. The van der Waals surface area contributed by atoms with Crippen molar-refractivity contribution in [3.63, 3.8) is 0 Å². The second-order valence-electron chi connectivity index (χ2n) is 1.63. The standard InChI is InChI=1S/C6H8N2.2H3N/c7-5-3-1-2-4-6(5)8;;/h1-4H,7-8H2;2*1H3. The fourth-order valence-electron chi connectivity index (χ4n) is 0.511. The normalized spacial score (nSPS) is 7.20. The van der Waals surface area contributed by atoms with Gasteiger partial charge in [-0.3, -0.25) is 0 Å².